The lowest BCUT2D eigenvalue weighted by atomic mass is 10.1. The molecule has 2 heterocycles. The summed E-state index contributed by atoms with van der Waals surface area (Å²) in [6.07, 6.45) is 5.85. The van der Waals surface area contributed by atoms with E-state index in [1.807, 2.05) is 49.6 Å². The van der Waals surface area contributed by atoms with Gasteiger partial charge >= 0.3 is 6.03 Å². The molecular weight excluding hydrogens is 328 g/mol. The number of nitrogens with zero attached hydrogens (tertiary/aromatic N) is 3. The summed E-state index contributed by atoms with van der Waals surface area (Å²) < 4.78 is 5.69. The quantitative estimate of drug-likeness (QED) is 0.654. The van der Waals surface area contributed by atoms with Crippen LogP contribution in [0.2, 0.25) is 0 Å². The number of rotatable bonds is 7. The molecule has 0 aliphatic heterocycles. The first kappa shape index (κ1) is 17.9. The van der Waals surface area contributed by atoms with Crippen LogP contribution in [0.25, 0.3) is 11.1 Å². The highest BCUT2D eigenvalue weighted by atomic mass is 16.3. The number of aromatic nitrogens is 2. The zero-order valence-corrected chi connectivity index (χ0v) is 15.2. The summed E-state index contributed by atoms with van der Waals surface area (Å²) in [7, 11) is 1.82. The van der Waals surface area contributed by atoms with Gasteiger partial charge in [0.1, 0.15) is 5.52 Å². The minimum atomic E-state index is -0.0849. The maximum absolute atomic E-state index is 12.4. The van der Waals surface area contributed by atoms with Gasteiger partial charge in [-0.1, -0.05) is 25.1 Å². The summed E-state index contributed by atoms with van der Waals surface area (Å²) in [5.41, 5.74) is 2.71. The highest BCUT2D eigenvalue weighted by Crippen LogP contribution is 2.21. The first-order chi connectivity index (χ1) is 12.7. The molecule has 1 N–H and O–H groups in total. The summed E-state index contributed by atoms with van der Waals surface area (Å²) in [5, 5.41) is 2.97. The van der Waals surface area contributed by atoms with Gasteiger partial charge in [-0.2, -0.15) is 0 Å². The van der Waals surface area contributed by atoms with Gasteiger partial charge in [0.05, 0.1) is 6.04 Å². The monoisotopic (exact) mass is 352 g/mol. The number of nitrogens with one attached hydrogen (secondary N) is 1. The Morgan fingerprint density at radius 1 is 1.27 bits per heavy atom. The van der Waals surface area contributed by atoms with Crippen LogP contribution in [-0.4, -0.2) is 34.5 Å². The first-order valence-electron chi connectivity index (χ1n) is 8.94. The molecule has 0 saturated carbocycles. The van der Waals surface area contributed by atoms with Crippen LogP contribution in [0.5, 0.6) is 0 Å². The Morgan fingerprint density at radius 3 is 2.85 bits per heavy atom. The molecule has 6 nitrogen and oxygen atoms in total. The molecule has 1 unspecified atom stereocenters. The number of hydrogen-bond acceptors (Lipinski definition) is 4. The number of urea groups is 1. The SMILES string of the molecule is CCC(c1cccnc1)N(C)C(=O)NCCCc1nc2ccccc2o1. The van der Waals surface area contributed by atoms with Gasteiger partial charge in [-0.05, 0) is 36.6 Å². The molecule has 6 heteroatoms. The van der Waals surface area contributed by atoms with Crippen LogP contribution in [0.3, 0.4) is 0 Å². The smallest absolute Gasteiger partial charge is 0.317 e. The zero-order chi connectivity index (χ0) is 18.4. The van der Waals surface area contributed by atoms with Crippen LogP contribution in [0.15, 0.2) is 53.2 Å². The van der Waals surface area contributed by atoms with Crippen molar-refractivity contribution in [3.8, 4) is 0 Å². The predicted octanol–water partition coefficient (Wildman–Crippen LogP) is 3.95. The van der Waals surface area contributed by atoms with Crippen LogP contribution >= 0.6 is 0 Å². The van der Waals surface area contributed by atoms with Crippen LogP contribution in [-0.2, 0) is 6.42 Å². The van der Waals surface area contributed by atoms with Gasteiger partial charge < -0.3 is 14.6 Å². The minimum absolute atomic E-state index is 0.0146. The van der Waals surface area contributed by atoms with E-state index in [0.29, 0.717) is 18.9 Å². The molecule has 26 heavy (non-hydrogen) atoms. The lowest BCUT2D eigenvalue weighted by molar-refractivity contribution is 0.188. The highest BCUT2D eigenvalue weighted by molar-refractivity contribution is 5.74. The number of fused-ring (bicyclic) bond motifs is 1. The van der Waals surface area contributed by atoms with E-state index in [-0.39, 0.29) is 12.1 Å². The van der Waals surface area contributed by atoms with Gasteiger partial charge in [-0.3, -0.25) is 4.98 Å². The van der Waals surface area contributed by atoms with Gasteiger partial charge in [0.15, 0.2) is 11.5 Å². The molecule has 0 spiro atoms. The normalized spacial score (nSPS) is 12.1. The first-order valence-corrected chi connectivity index (χ1v) is 8.94. The zero-order valence-electron chi connectivity index (χ0n) is 15.2. The summed E-state index contributed by atoms with van der Waals surface area (Å²) in [5.74, 6) is 0.704. The van der Waals surface area contributed by atoms with Crippen molar-refractivity contribution in [3.05, 3.63) is 60.2 Å². The van der Waals surface area contributed by atoms with Crippen molar-refractivity contribution in [1.82, 2.24) is 20.2 Å². The van der Waals surface area contributed by atoms with Crippen molar-refractivity contribution < 1.29 is 9.21 Å². The third kappa shape index (κ3) is 4.20. The van der Waals surface area contributed by atoms with E-state index in [1.54, 1.807) is 11.1 Å². The second kappa shape index (κ2) is 8.47. The van der Waals surface area contributed by atoms with Crippen LogP contribution < -0.4 is 5.32 Å². The molecule has 3 rings (SSSR count). The number of benzene rings is 1. The second-order valence-electron chi connectivity index (χ2n) is 6.23. The van der Waals surface area contributed by atoms with Crippen LogP contribution in [0.4, 0.5) is 4.79 Å². The summed E-state index contributed by atoms with van der Waals surface area (Å²) in [4.78, 5) is 22.8. The molecule has 0 aliphatic carbocycles. The second-order valence-corrected chi connectivity index (χ2v) is 6.23. The topological polar surface area (TPSA) is 71.3 Å². The van der Waals surface area contributed by atoms with Gasteiger partial charge in [0.25, 0.3) is 0 Å². The average molecular weight is 352 g/mol. The molecule has 2 aromatic heterocycles. The molecule has 1 aromatic carbocycles. The Morgan fingerprint density at radius 2 is 2.12 bits per heavy atom. The van der Waals surface area contributed by atoms with Crippen LogP contribution in [0.1, 0.15) is 37.3 Å². The molecule has 2 amide bonds. The van der Waals surface area contributed by atoms with Gasteiger partial charge in [-0.25, -0.2) is 9.78 Å². The Bertz CT molecular complexity index is 814. The number of hydrogen-bond donors (Lipinski definition) is 1. The molecule has 3 aromatic rings. The number of oxazole rings is 1. The Kier molecular flexibility index (Phi) is 5.84. The molecule has 136 valence electrons. The van der Waals surface area contributed by atoms with E-state index in [1.165, 1.54) is 0 Å². The van der Waals surface area contributed by atoms with Gasteiger partial charge in [0, 0.05) is 32.4 Å². The lowest BCUT2D eigenvalue weighted by Gasteiger charge is -2.27. The molecule has 0 fully saturated rings. The number of carbonyl (C=O) groups excluding carboxylic acids is 1. The highest BCUT2D eigenvalue weighted by Gasteiger charge is 2.19. The standard InChI is InChI=1S/C20H24N4O2/c1-3-17(15-8-6-12-21-14-15)24(2)20(25)22-13-7-11-19-23-16-9-4-5-10-18(16)26-19/h4-6,8-10,12,14,17H,3,7,11,13H2,1-2H3,(H,22,25). The minimum Gasteiger partial charge on any atom is -0.441 e. The van der Waals surface area contributed by atoms with Crippen molar-refractivity contribution in [1.29, 1.82) is 0 Å². The Balaban J connectivity index is 1.48. The lowest BCUT2D eigenvalue weighted by Crippen LogP contribution is -2.40. The van der Waals surface area contributed by atoms with Gasteiger partial charge in [0.2, 0.25) is 0 Å². The van der Waals surface area contributed by atoms with E-state index in [9.17, 15) is 4.79 Å². The van der Waals surface area contributed by atoms with Crippen molar-refractivity contribution >= 4 is 17.1 Å². The van der Waals surface area contributed by atoms with Crippen molar-refractivity contribution in [2.75, 3.05) is 13.6 Å². The molecule has 0 radical (unpaired) electrons. The van der Waals surface area contributed by atoms with E-state index >= 15 is 0 Å². The maximum Gasteiger partial charge on any atom is 0.317 e. The number of amides is 2. The number of carbonyl (C=O) groups is 1. The van der Waals surface area contributed by atoms with Crippen LogP contribution in [0, 0.1) is 0 Å². The molecular formula is C20H24N4O2. The average Bonchev–Trinajstić information content (AvgIpc) is 3.09. The van der Waals surface area contributed by atoms with Crippen molar-refractivity contribution in [2.45, 2.75) is 32.2 Å². The number of pyridine rings is 1. The molecule has 0 bridgehead atoms. The number of aryl methyl sites for hydroxylation is 1. The summed E-state index contributed by atoms with van der Waals surface area (Å²) in [6.45, 7) is 2.64. The summed E-state index contributed by atoms with van der Waals surface area (Å²) in [6, 6.07) is 11.5. The fourth-order valence-corrected chi connectivity index (χ4v) is 3.03. The van der Waals surface area contributed by atoms with E-state index in [2.05, 4.69) is 22.2 Å². The predicted molar refractivity (Wildman–Crippen MR) is 101 cm³/mol. The van der Waals surface area contributed by atoms with Gasteiger partial charge in [-0.15, -0.1) is 0 Å². The molecule has 1 atom stereocenters. The van der Waals surface area contributed by atoms with E-state index in [0.717, 1.165) is 29.5 Å². The maximum atomic E-state index is 12.4. The third-order valence-electron chi connectivity index (χ3n) is 4.43. The summed E-state index contributed by atoms with van der Waals surface area (Å²) >= 11 is 0. The third-order valence-corrected chi connectivity index (χ3v) is 4.43. The van der Waals surface area contributed by atoms with Crippen molar-refractivity contribution in [3.63, 3.8) is 0 Å². The van der Waals surface area contributed by atoms with E-state index < -0.39 is 0 Å². The molecule has 0 saturated heterocycles. The van der Waals surface area contributed by atoms with Crippen molar-refractivity contribution in [2.24, 2.45) is 0 Å². The largest absolute Gasteiger partial charge is 0.441 e. The Labute approximate surface area is 153 Å². The Hall–Kier alpha value is -2.89. The fourth-order valence-electron chi connectivity index (χ4n) is 3.03. The fraction of sp³-hybridized carbons (Fsp3) is 0.350. The molecule has 0 aliphatic rings. The van der Waals surface area contributed by atoms with E-state index in [4.69, 9.17) is 4.42 Å². The number of para-hydroxylation sites is 2.